The molecule has 9 heteroatoms. The minimum absolute atomic E-state index is 0.0352. The van der Waals surface area contributed by atoms with E-state index >= 15 is 0 Å². The summed E-state index contributed by atoms with van der Waals surface area (Å²) in [5, 5.41) is 13.5. The molecule has 0 saturated carbocycles. The Hall–Kier alpha value is -2.16. The van der Waals surface area contributed by atoms with Crippen LogP contribution < -0.4 is 22.1 Å². The van der Waals surface area contributed by atoms with Crippen molar-refractivity contribution in [1.29, 1.82) is 0 Å². The summed E-state index contributed by atoms with van der Waals surface area (Å²) in [4.78, 5) is 45.8. The number of hydrogen-bond acceptors (Lipinski definition) is 5. The number of hydrogen-bond donors (Lipinski definition) is 5. The Kier molecular flexibility index (Phi) is 8.86. The Morgan fingerprint density at radius 3 is 2.09 bits per heavy atom. The molecule has 0 spiro atoms. The first kappa shape index (κ1) is 20.8. The summed E-state index contributed by atoms with van der Waals surface area (Å²) in [6, 6.07) is -3.01. The van der Waals surface area contributed by atoms with E-state index in [0.717, 1.165) is 0 Å². The maximum Gasteiger partial charge on any atom is 0.325 e. The number of carboxylic acid groups (broad SMARTS) is 1. The van der Waals surface area contributed by atoms with Crippen LogP contribution in [0.1, 0.15) is 40.0 Å². The van der Waals surface area contributed by atoms with Crippen LogP contribution in [0, 0.1) is 5.92 Å². The molecule has 23 heavy (non-hydrogen) atoms. The zero-order valence-corrected chi connectivity index (χ0v) is 13.7. The lowest BCUT2D eigenvalue weighted by Crippen LogP contribution is -2.55. The molecule has 0 aliphatic rings. The Labute approximate surface area is 135 Å². The van der Waals surface area contributed by atoms with Gasteiger partial charge in [0.25, 0.3) is 0 Å². The highest BCUT2D eigenvalue weighted by atomic mass is 16.4. The smallest absolute Gasteiger partial charge is 0.325 e. The third-order valence-electron chi connectivity index (χ3n) is 3.60. The molecule has 0 rings (SSSR count). The molecule has 0 aromatic heterocycles. The second-order valence-corrected chi connectivity index (χ2v) is 5.55. The Morgan fingerprint density at radius 2 is 1.65 bits per heavy atom. The molecule has 0 saturated heterocycles. The first-order valence-corrected chi connectivity index (χ1v) is 7.47. The third kappa shape index (κ3) is 7.59. The average molecular weight is 330 g/mol. The molecule has 0 radical (unpaired) electrons. The first-order chi connectivity index (χ1) is 10.6. The van der Waals surface area contributed by atoms with Gasteiger partial charge in [0.1, 0.15) is 12.1 Å². The van der Waals surface area contributed by atoms with Gasteiger partial charge in [-0.05, 0) is 19.3 Å². The summed E-state index contributed by atoms with van der Waals surface area (Å²) in [6.45, 7) is 4.97. The minimum atomic E-state index is -1.21. The van der Waals surface area contributed by atoms with Crippen LogP contribution in [0.3, 0.4) is 0 Å². The van der Waals surface area contributed by atoms with Gasteiger partial charge in [0, 0.05) is 6.42 Å². The standard InChI is InChI=1S/C14H26N4O5/c1-4-7(2)11(16)13(21)18-9(5-6-10(15)19)12(20)17-8(3)14(22)23/h7-9,11H,4-6,16H2,1-3H3,(H2,15,19)(H,17,20)(H,18,21)(H,22,23). The molecule has 7 N–H and O–H groups in total. The first-order valence-electron chi connectivity index (χ1n) is 7.47. The van der Waals surface area contributed by atoms with Gasteiger partial charge in [-0.2, -0.15) is 0 Å². The molecule has 0 bridgehead atoms. The number of amides is 3. The van der Waals surface area contributed by atoms with Gasteiger partial charge < -0.3 is 27.2 Å². The van der Waals surface area contributed by atoms with Gasteiger partial charge >= 0.3 is 5.97 Å². The molecule has 9 nitrogen and oxygen atoms in total. The van der Waals surface area contributed by atoms with Gasteiger partial charge in [-0.25, -0.2) is 0 Å². The Morgan fingerprint density at radius 1 is 1.09 bits per heavy atom. The highest BCUT2D eigenvalue weighted by Gasteiger charge is 2.27. The molecule has 0 aliphatic carbocycles. The number of carbonyl (C=O) groups is 4. The molecule has 4 atom stereocenters. The van der Waals surface area contributed by atoms with Gasteiger partial charge in [-0.3, -0.25) is 19.2 Å². The van der Waals surface area contributed by atoms with Crippen LogP contribution in [0.5, 0.6) is 0 Å². The molecule has 0 aliphatic heterocycles. The summed E-state index contributed by atoms with van der Waals surface area (Å²) < 4.78 is 0. The normalized spacial score (nSPS) is 15.8. The maximum absolute atomic E-state index is 12.1. The van der Waals surface area contributed by atoms with Gasteiger partial charge in [0.15, 0.2) is 0 Å². The van der Waals surface area contributed by atoms with Crippen molar-refractivity contribution in [2.75, 3.05) is 0 Å². The Bertz CT molecular complexity index is 454. The van der Waals surface area contributed by atoms with E-state index in [0.29, 0.717) is 6.42 Å². The van der Waals surface area contributed by atoms with E-state index < -0.39 is 41.8 Å². The summed E-state index contributed by atoms with van der Waals surface area (Å²) in [6.07, 6.45) is 0.521. The van der Waals surface area contributed by atoms with E-state index in [-0.39, 0.29) is 18.8 Å². The zero-order valence-electron chi connectivity index (χ0n) is 13.7. The zero-order chi connectivity index (χ0) is 18.2. The number of aliphatic carboxylic acids is 1. The second kappa shape index (κ2) is 9.78. The highest BCUT2D eigenvalue weighted by Crippen LogP contribution is 2.07. The number of primary amides is 1. The molecular formula is C14H26N4O5. The van der Waals surface area contributed by atoms with Crippen LogP contribution in [0.25, 0.3) is 0 Å². The summed E-state index contributed by atoms with van der Waals surface area (Å²) >= 11 is 0. The monoisotopic (exact) mass is 330 g/mol. The second-order valence-electron chi connectivity index (χ2n) is 5.55. The van der Waals surface area contributed by atoms with Crippen molar-refractivity contribution in [3.63, 3.8) is 0 Å². The molecule has 0 fully saturated rings. The van der Waals surface area contributed by atoms with Crippen LogP contribution in [-0.4, -0.2) is 46.9 Å². The maximum atomic E-state index is 12.1. The van der Waals surface area contributed by atoms with Crippen molar-refractivity contribution < 1.29 is 24.3 Å². The van der Waals surface area contributed by atoms with Crippen LogP contribution in [0.15, 0.2) is 0 Å². The average Bonchev–Trinajstić information content (AvgIpc) is 2.48. The van der Waals surface area contributed by atoms with Crippen LogP contribution in [0.4, 0.5) is 0 Å². The lowest BCUT2D eigenvalue weighted by atomic mass is 9.98. The predicted molar refractivity (Wildman–Crippen MR) is 83.0 cm³/mol. The van der Waals surface area contributed by atoms with Crippen LogP contribution in [0.2, 0.25) is 0 Å². The van der Waals surface area contributed by atoms with E-state index in [1.165, 1.54) is 6.92 Å². The summed E-state index contributed by atoms with van der Waals surface area (Å²) in [7, 11) is 0. The van der Waals surface area contributed by atoms with E-state index in [1.807, 2.05) is 6.92 Å². The number of nitrogens with one attached hydrogen (secondary N) is 2. The van der Waals surface area contributed by atoms with E-state index in [2.05, 4.69) is 10.6 Å². The van der Waals surface area contributed by atoms with Crippen molar-refractivity contribution in [2.45, 2.75) is 58.2 Å². The summed E-state index contributed by atoms with van der Waals surface area (Å²) in [5.41, 5.74) is 10.8. The van der Waals surface area contributed by atoms with Crippen LogP contribution in [-0.2, 0) is 19.2 Å². The quantitative estimate of drug-likeness (QED) is 0.334. The number of carboxylic acids is 1. The lowest BCUT2D eigenvalue weighted by Gasteiger charge is -2.23. The fourth-order valence-corrected chi connectivity index (χ4v) is 1.71. The van der Waals surface area contributed by atoms with Crippen molar-refractivity contribution in [2.24, 2.45) is 17.4 Å². The third-order valence-corrected chi connectivity index (χ3v) is 3.60. The lowest BCUT2D eigenvalue weighted by molar-refractivity contribution is -0.141. The number of rotatable bonds is 10. The molecular weight excluding hydrogens is 304 g/mol. The fourth-order valence-electron chi connectivity index (χ4n) is 1.71. The molecule has 4 unspecified atom stereocenters. The van der Waals surface area contributed by atoms with Gasteiger partial charge in [0.2, 0.25) is 17.7 Å². The van der Waals surface area contributed by atoms with E-state index in [4.69, 9.17) is 16.6 Å². The largest absolute Gasteiger partial charge is 0.480 e. The van der Waals surface area contributed by atoms with E-state index in [9.17, 15) is 19.2 Å². The highest BCUT2D eigenvalue weighted by molar-refractivity contribution is 5.92. The van der Waals surface area contributed by atoms with Gasteiger partial charge in [-0.1, -0.05) is 20.3 Å². The molecule has 0 heterocycles. The van der Waals surface area contributed by atoms with Crippen molar-refractivity contribution in [1.82, 2.24) is 10.6 Å². The van der Waals surface area contributed by atoms with Crippen LogP contribution >= 0.6 is 0 Å². The van der Waals surface area contributed by atoms with Gasteiger partial charge in [0.05, 0.1) is 6.04 Å². The topological polar surface area (TPSA) is 165 Å². The van der Waals surface area contributed by atoms with Gasteiger partial charge in [-0.15, -0.1) is 0 Å². The minimum Gasteiger partial charge on any atom is -0.480 e. The molecule has 0 aromatic rings. The SMILES string of the molecule is CCC(C)C(N)C(=O)NC(CCC(N)=O)C(=O)NC(C)C(=O)O. The van der Waals surface area contributed by atoms with E-state index in [1.54, 1.807) is 6.92 Å². The molecule has 0 aromatic carbocycles. The fraction of sp³-hybridized carbons (Fsp3) is 0.714. The summed E-state index contributed by atoms with van der Waals surface area (Å²) in [5.74, 6) is -3.17. The Balaban J connectivity index is 4.92. The van der Waals surface area contributed by atoms with Crippen molar-refractivity contribution in [3.8, 4) is 0 Å². The van der Waals surface area contributed by atoms with Crippen molar-refractivity contribution >= 4 is 23.7 Å². The molecule has 3 amide bonds. The van der Waals surface area contributed by atoms with Crippen molar-refractivity contribution in [3.05, 3.63) is 0 Å². The molecule has 132 valence electrons. The number of carbonyl (C=O) groups excluding carboxylic acids is 3. The number of nitrogens with two attached hydrogens (primary N) is 2. The predicted octanol–water partition coefficient (Wildman–Crippen LogP) is -1.30.